The zero-order chi connectivity index (χ0) is 23.8. The van der Waals surface area contributed by atoms with Gasteiger partial charge in [0.2, 0.25) is 0 Å². The molecule has 0 aromatic heterocycles. The van der Waals surface area contributed by atoms with Crippen molar-refractivity contribution >= 4 is 12.1 Å². The minimum absolute atomic E-state index is 0.0201. The molecule has 7 heteroatoms. The highest BCUT2D eigenvalue weighted by atomic mass is 16.5. The third kappa shape index (κ3) is 6.21. The molecule has 0 saturated carbocycles. The molecule has 7 nitrogen and oxygen atoms in total. The van der Waals surface area contributed by atoms with Gasteiger partial charge in [-0.1, -0.05) is 48.5 Å². The van der Waals surface area contributed by atoms with Gasteiger partial charge in [0.25, 0.3) is 5.91 Å². The Morgan fingerprint density at radius 2 is 1.53 bits per heavy atom. The molecule has 176 valence electrons. The summed E-state index contributed by atoms with van der Waals surface area (Å²) in [7, 11) is 1.48. The molecule has 0 bridgehead atoms. The van der Waals surface area contributed by atoms with Crippen LogP contribution in [0.1, 0.15) is 27.0 Å². The van der Waals surface area contributed by atoms with E-state index in [1.165, 1.54) is 24.5 Å². The number of benzene rings is 3. The topological polar surface area (TPSA) is 77.4 Å². The minimum atomic E-state index is -0.306. The number of hydrazone groups is 1. The first-order valence-corrected chi connectivity index (χ1v) is 11.4. The molecule has 2 N–H and O–H groups in total. The predicted octanol–water partition coefficient (Wildman–Crippen LogP) is 3.48. The highest BCUT2D eigenvalue weighted by molar-refractivity contribution is 5.95. The monoisotopic (exact) mass is 458 g/mol. The molecule has 0 radical (unpaired) electrons. The molecule has 0 aliphatic carbocycles. The van der Waals surface area contributed by atoms with E-state index in [4.69, 9.17) is 4.74 Å². The lowest BCUT2D eigenvalue weighted by Crippen LogP contribution is -2.45. The number of amides is 1. The minimum Gasteiger partial charge on any atom is -0.504 e. The normalized spacial score (nSPS) is 14.9. The molecular formula is C27H30N4O3. The second kappa shape index (κ2) is 11.4. The van der Waals surface area contributed by atoms with Crippen LogP contribution in [0.5, 0.6) is 11.5 Å². The lowest BCUT2D eigenvalue weighted by Gasteiger charge is -2.34. The van der Waals surface area contributed by atoms with Crippen molar-refractivity contribution in [1.82, 2.24) is 15.2 Å². The molecule has 4 rings (SSSR count). The Labute approximate surface area is 200 Å². The molecule has 34 heavy (non-hydrogen) atoms. The Bertz CT molecular complexity index is 1110. The Kier molecular flexibility index (Phi) is 7.91. The maximum Gasteiger partial charge on any atom is 0.271 e. The van der Waals surface area contributed by atoms with Gasteiger partial charge in [-0.25, -0.2) is 5.43 Å². The fraction of sp³-hybridized carbons (Fsp3) is 0.259. The maximum atomic E-state index is 12.4. The molecule has 1 saturated heterocycles. The first-order valence-electron chi connectivity index (χ1n) is 11.4. The van der Waals surface area contributed by atoms with Crippen LogP contribution in [-0.4, -0.2) is 60.3 Å². The number of hydrogen-bond donors (Lipinski definition) is 2. The summed E-state index contributed by atoms with van der Waals surface area (Å²) in [5.74, 6) is 0.0245. The number of hydrogen-bond acceptors (Lipinski definition) is 6. The Balaban J connectivity index is 1.24. The van der Waals surface area contributed by atoms with Crippen molar-refractivity contribution in [2.24, 2.45) is 5.10 Å². The fourth-order valence-electron chi connectivity index (χ4n) is 4.00. The number of para-hydroxylation sites is 1. The van der Waals surface area contributed by atoms with Crippen molar-refractivity contribution in [1.29, 1.82) is 0 Å². The number of piperazine rings is 1. The van der Waals surface area contributed by atoms with E-state index in [0.717, 1.165) is 39.3 Å². The van der Waals surface area contributed by atoms with Gasteiger partial charge in [-0.15, -0.1) is 0 Å². The van der Waals surface area contributed by atoms with E-state index in [9.17, 15) is 9.90 Å². The fourth-order valence-corrected chi connectivity index (χ4v) is 4.00. The molecule has 1 fully saturated rings. The van der Waals surface area contributed by atoms with Crippen molar-refractivity contribution in [2.45, 2.75) is 13.1 Å². The average molecular weight is 459 g/mol. The van der Waals surface area contributed by atoms with E-state index in [0.29, 0.717) is 16.9 Å². The Morgan fingerprint density at radius 3 is 2.15 bits per heavy atom. The number of aromatic hydroxyl groups is 1. The van der Waals surface area contributed by atoms with E-state index >= 15 is 0 Å². The van der Waals surface area contributed by atoms with Gasteiger partial charge >= 0.3 is 0 Å². The summed E-state index contributed by atoms with van der Waals surface area (Å²) in [4.78, 5) is 17.3. The summed E-state index contributed by atoms with van der Waals surface area (Å²) in [5.41, 5.74) is 6.02. The van der Waals surface area contributed by atoms with Crippen LogP contribution in [-0.2, 0) is 13.1 Å². The summed E-state index contributed by atoms with van der Waals surface area (Å²) in [5, 5.41) is 14.0. The third-order valence-electron chi connectivity index (χ3n) is 5.96. The number of carbonyl (C=O) groups excluding carboxylic acids is 1. The van der Waals surface area contributed by atoms with Crippen LogP contribution in [0, 0.1) is 0 Å². The second-order valence-corrected chi connectivity index (χ2v) is 8.33. The van der Waals surface area contributed by atoms with E-state index in [-0.39, 0.29) is 11.7 Å². The van der Waals surface area contributed by atoms with Gasteiger partial charge < -0.3 is 9.84 Å². The SMILES string of the molecule is COc1cccc(C=NNC(=O)c2ccc(CN3CCN(Cc4ccccc4)CC3)cc2)c1O. The number of phenolic OH excluding ortho intramolecular Hbond substituents is 1. The highest BCUT2D eigenvalue weighted by Crippen LogP contribution is 2.27. The first kappa shape index (κ1) is 23.5. The number of carbonyl (C=O) groups is 1. The molecule has 1 aliphatic rings. The smallest absolute Gasteiger partial charge is 0.271 e. The van der Waals surface area contributed by atoms with Gasteiger partial charge in [0.05, 0.1) is 13.3 Å². The number of phenols is 1. The third-order valence-corrected chi connectivity index (χ3v) is 5.96. The Hall–Kier alpha value is -3.68. The predicted molar refractivity (Wildman–Crippen MR) is 133 cm³/mol. The summed E-state index contributed by atoms with van der Waals surface area (Å²) < 4.78 is 5.07. The lowest BCUT2D eigenvalue weighted by atomic mass is 10.1. The zero-order valence-electron chi connectivity index (χ0n) is 19.4. The number of rotatable bonds is 8. The average Bonchev–Trinajstić information content (AvgIpc) is 2.87. The van der Waals surface area contributed by atoms with Crippen LogP contribution in [0.25, 0.3) is 0 Å². The lowest BCUT2D eigenvalue weighted by molar-refractivity contribution is 0.0955. The van der Waals surface area contributed by atoms with E-state index in [2.05, 4.69) is 50.7 Å². The molecule has 1 heterocycles. The summed E-state index contributed by atoms with van der Waals surface area (Å²) in [6, 6.07) is 23.3. The van der Waals surface area contributed by atoms with Crippen molar-refractivity contribution in [2.75, 3.05) is 33.3 Å². The van der Waals surface area contributed by atoms with Gasteiger partial charge in [-0.3, -0.25) is 14.6 Å². The largest absolute Gasteiger partial charge is 0.504 e. The van der Waals surface area contributed by atoms with Crippen LogP contribution >= 0.6 is 0 Å². The quantitative estimate of drug-likeness (QED) is 0.399. The van der Waals surface area contributed by atoms with Gasteiger partial charge in [-0.05, 0) is 35.4 Å². The molecule has 3 aromatic rings. The van der Waals surface area contributed by atoms with Gasteiger partial charge in [-0.2, -0.15) is 5.10 Å². The number of nitrogens with zero attached hydrogens (tertiary/aromatic N) is 3. The maximum absolute atomic E-state index is 12.4. The molecule has 0 spiro atoms. The molecular weight excluding hydrogens is 428 g/mol. The molecule has 1 amide bonds. The van der Waals surface area contributed by atoms with Gasteiger partial charge in [0, 0.05) is 50.4 Å². The van der Waals surface area contributed by atoms with Crippen LogP contribution in [0.2, 0.25) is 0 Å². The van der Waals surface area contributed by atoms with Crippen molar-refractivity contribution in [3.63, 3.8) is 0 Å². The van der Waals surface area contributed by atoms with Crippen molar-refractivity contribution < 1.29 is 14.6 Å². The standard InChI is InChI=1S/C27H30N4O3/c1-34-25-9-5-8-24(26(25)32)18-28-29-27(33)23-12-10-22(11-13-23)20-31-16-14-30(15-17-31)19-21-6-3-2-4-7-21/h2-13,18,32H,14-17,19-20H2,1H3,(H,29,33). The van der Waals surface area contributed by atoms with Crippen LogP contribution < -0.4 is 10.2 Å². The molecule has 3 aromatic carbocycles. The summed E-state index contributed by atoms with van der Waals surface area (Å²) in [6.45, 7) is 6.03. The van der Waals surface area contributed by atoms with E-state index in [1.54, 1.807) is 18.2 Å². The first-order chi connectivity index (χ1) is 16.6. The number of methoxy groups -OCH3 is 1. The summed E-state index contributed by atoms with van der Waals surface area (Å²) >= 11 is 0. The van der Waals surface area contributed by atoms with Crippen molar-refractivity contribution in [3.8, 4) is 11.5 Å². The van der Waals surface area contributed by atoms with Crippen LogP contribution in [0.3, 0.4) is 0 Å². The highest BCUT2D eigenvalue weighted by Gasteiger charge is 2.17. The number of nitrogens with one attached hydrogen (secondary N) is 1. The molecule has 1 aliphatic heterocycles. The van der Waals surface area contributed by atoms with Gasteiger partial charge in [0.15, 0.2) is 11.5 Å². The Morgan fingerprint density at radius 1 is 0.912 bits per heavy atom. The molecule has 0 atom stereocenters. The number of ether oxygens (including phenoxy) is 1. The van der Waals surface area contributed by atoms with Crippen LogP contribution in [0.4, 0.5) is 0 Å². The second-order valence-electron chi connectivity index (χ2n) is 8.33. The summed E-state index contributed by atoms with van der Waals surface area (Å²) in [6.07, 6.45) is 1.39. The van der Waals surface area contributed by atoms with Gasteiger partial charge in [0.1, 0.15) is 0 Å². The van der Waals surface area contributed by atoms with E-state index in [1.807, 2.05) is 24.3 Å². The molecule has 0 unspecified atom stereocenters. The van der Waals surface area contributed by atoms with Crippen LogP contribution in [0.15, 0.2) is 77.9 Å². The van der Waals surface area contributed by atoms with E-state index < -0.39 is 0 Å². The zero-order valence-corrected chi connectivity index (χ0v) is 19.4. The van der Waals surface area contributed by atoms with Crippen molar-refractivity contribution in [3.05, 3.63) is 95.1 Å².